The molecule has 1 N–H and O–H groups in total. The van der Waals surface area contributed by atoms with Gasteiger partial charge in [0.05, 0.1) is 42.5 Å². The number of halogens is 1. The maximum atomic E-state index is 15.2. The number of ether oxygens (including phenoxy) is 1. The molecule has 2 fully saturated rings. The van der Waals surface area contributed by atoms with Crippen LogP contribution in [-0.4, -0.2) is 75.6 Å². The number of hydrogen-bond acceptors (Lipinski definition) is 6. The maximum absolute atomic E-state index is 15.2. The van der Waals surface area contributed by atoms with Gasteiger partial charge in [0.1, 0.15) is 5.65 Å². The number of anilines is 1. The van der Waals surface area contributed by atoms with Crippen molar-refractivity contribution in [3.8, 4) is 22.4 Å². The second-order valence-electron chi connectivity index (χ2n) is 9.72. The molecule has 0 bridgehead atoms. The molecule has 2 aliphatic rings. The number of nitrogens with zero attached hydrogens (tertiary/aromatic N) is 6. The highest BCUT2D eigenvalue weighted by molar-refractivity contribution is 5.95. The number of aromatic nitrogens is 5. The SMILES string of the molecule is CCN1CCC(n2cc(-c3c[nH]c4ncc(-c5cc(F)c(N6CCOCC6)c(C)n5)cc34)cn2)CC1. The van der Waals surface area contributed by atoms with Crippen molar-refractivity contribution in [2.45, 2.75) is 32.7 Å². The van der Waals surface area contributed by atoms with E-state index in [-0.39, 0.29) is 5.82 Å². The van der Waals surface area contributed by atoms with E-state index in [0.29, 0.717) is 49.4 Å². The zero-order chi connectivity index (χ0) is 24.6. The van der Waals surface area contributed by atoms with E-state index < -0.39 is 0 Å². The Morgan fingerprint density at radius 1 is 1.08 bits per heavy atom. The van der Waals surface area contributed by atoms with Crippen LogP contribution in [0.1, 0.15) is 31.5 Å². The molecule has 6 heterocycles. The third-order valence-electron chi connectivity index (χ3n) is 7.57. The number of aromatic amines is 1. The van der Waals surface area contributed by atoms with Crippen LogP contribution in [0.4, 0.5) is 10.1 Å². The monoisotopic (exact) mass is 489 g/mol. The van der Waals surface area contributed by atoms with Gasteiger partial charge in [0.25, 0.3) is 0 Å². The molecule has 2 saturated heterocycles. The first-order valence-electron chi connectivity index (χ1n) is 12.8. The van der Waals surface area contributed by atoms with Crippen LogP contribution in [0.3, 0.4) is 0 Å². The molecule has 0 aliphatic carbocycles. The predicted octanol–water partition coefficient (Wildman–Crippen LogP) is 4.43. The van der Waals surface area contributed by atoms with Crippen molar-refractivity contribution in [1.82, 2.24) is 29.6 Å². The van der Waals surface area contributed by atoms with Crippen LogP contribution in [0.2, 0.25) is 0 Å². The van der Waals surface area contributed by atoms with Crippen molar-refractivity contribution in [2.75, 3.05) is 50.8 Å². The highest BCUT2D eigenvalue weighted by atomic mass is 19.1. The van der Waals surface area contributed by atoms with Gasteiger partial charge in [-0.25, -0.2) is 9.37 Å². The normalized spacial score (nSPS) is 17.8. The van der Waals surface area contributed by atoms with Crippen molar-refractivity contribution >= 4 is 16.7 Å². The van der Waals surface area contributed by atoms with Crippen LogP contribution in [0.25, 0.3) is 33.4 Å². The molecule has 0 saturated carbocycles. The van der Waals surface area contributed by atoms with Crippen LogP contribution in [0.5, 0.6) is 0 Å². The topological polar surface area (TPSA) is 75.1 Å². The smallest absolute Gasteiger partial charge is 0.150 e. The predicted molar refractivity (Wildman–Crippen MR) is 139 cm³/mol. The molecule has 188 valence electrons. The highest BCUT2D eigenvalue weighted by Gasteiger charge is 2.22. The summed E-state index contributed by atoms with van der Waals surface area (Å²) in [6.07, 6.45) is 10.0. The molecule has 8 nitrogen and oxygen atoms in total. The molecule has 0 atom stereocenters. The average Bonchev–Trinajstić information content (AvgIpc) is 3.56. The molecular formula is C27H32FN7O. The van der Waals surface area contributed by atoms with Gasteiger partial charge in [-0.15, -0.1) is 0 Å². The van der Waals surface area contributed by atoms with E-state index in [0.717, 1.165) is 60.2 Å². The number of rotatable bonds is 5. The molecule has 0 aromatic carbocycles. The summed E-state index contributed by atoms with van der Waals surface area (Å²) >= 11 is 0. The first-order valence-corrected chi connectivity index (χ1v) is 12.8. The number of morpholine rings is 1. The largest absolute Gasteiger partial charge is 0.378 e. The van der Waals surface area contributed by atoms with E-state index in [1.165, 1.54) is 6.07 Å². The lowest BCUT2D eigenvalue weighted by molar-refractivity contribution is 0.122. The molecular weight excluding hydrogens is 457 g/mol. The van der Waals surface area contributed by atoms with E-state index in [1.807, 2.05) is 30.3 Å². The van der Waals surface area contributed by atoms with Gasteiger partial charge >= 0.3 is 0 Å². The lowest BCUT2D eigenvalue weighted by Crippen LogP contribution is -2.37. The fourth-order valence-corrected chi connectivity index (χ4v) is 5.50. The van der Waals surface area contributed by atoms with Crippen LogP contribution >= 0.6 is 0 Å². The first-order chi connectivity index (χ1) is 17.6. The second-order valence-corrected chi connectivity index (χ2v) is 9.72. The molecule has 2 aliphatic heterocycles. The third-order valence-corrected chi connectivity index (χ3v) is 7.57. The van der Waals surface area contributed by atoms with Gasteiger partial charge in [-0.2, -0.15) is 5.10 Å². The summed E-state index contributed by atoms with van der Waals surface area (Å²) in [4.78, 5) is 17.1. The summed E-state index contributed by atoms with van der Waals surface area (Å²) in [7, 11) is 0. The number of pyridine rings is 2. The Balaban J connectivity index is 1.30. The molecule has 36 heavy (non-hydrogen) atoms. The van der Waals surface area contributed by atoms with E-state index in [4.69, 9.17) is 14.8 Å². The third kappa shape index (κ3) is 4.26. The van der Waals surface area contributed by atoms with Crippen molar-refractivity contribution in [3.63, 3.8) is 0 Å². The Morgan fingerprint density at radius 2 is 1.89 bits per heavy atom. The zero-order valence-electron chi connectivity index (χ0n) is 20.9. The zero-order valence-corrected chi connectivity index (χ0v) is 20.9. The van der Waals surface area contributed by atoms with Gasteiger partial charge in [-0.3, -0.25) is 9.67 Å². The van der Waals surface area contributed by atoms with E-state index in [1.54, 1.807) is 6.20 Å². The Morgan fingerprint density at radius 3 is 2.64 bits per heavy atom. The van der Waals surface area contributed by atoms with Crippen molar-refractivity contribution in [2.24, 2.45) is 0 Å². The van der Waals surface area contributed by atoms with Gasteiger partial charge in [0.15, 0.2) is 5.82 Å². The number of likely N-dealkylation sites (tertiary alicyclic amines) is 1. The quantitative estimate of drug-likeness (QED) is 0.447. The average molecular weight is 490 g/mol. The molecule has 0 radical (unpaired) electrons. The summed E-state index contributed by atoms with van der Waals surface area (Å²) in [6, 6.07) is 4.00. The lowest BCUT2D eigenvalue weighted by Gasteiger charge is -2.31. The van der Waals surface area contributed by atoms with E-state index >= 15 is 4.39 Å². The Kier molecular flexibility index (Phi) is 6.18. The highest BCUT2D eigenvalue weighted by Crippen LogP contribution is 2.33. The number of hydrogen-bond donors (Lipinski definition) is 1. The summed E-state index contributed by atoms with van der Waals surface area (Å²) in [5, 5.41) is 5.68. The number of piperidine rings is 1. The van der Waals surface area contributed by atoms with Crippen molar-refractivity contribution in [3.05, 3.63) is 48.4 Å². The standard InChI is InChI=1S/C27H32FN7O/c1-3-33-6-4-21(5-7-33)35-17-20(15-31-35)23-16-30-27-22(23)12-19(14-29-27)25-13-24(28)26(18(2)32-25)34-8-10-36-11-9-34/h12-17,21H,3-11H2,1-2H3,(H,29,30). The van der Waals surface area contributed by atoms with Gasteiger partial charge in [-0.05, 0) is 32.4 Å². The molecule has 0 amide bonds. The minimum absolute atomic E-state index is 0.260. The van der Waals surface area contributed by atoms with Crippen molar-refractivity contribution in [1.29, 1.82) is 0 Å². The number of nitrogens with one attached hydrogen (secondary N) is 1. The molecule has 0 unspecified atom stereocenters. The molecule has 9 heteroatoms. The Labute approximate surface area is 210 Å². The molecule has 4 aromatic rings. The van der Waals surface area contributed by atoms with E-state index in [9.17, 15) is 0 Å². The van der Waals surface area contributed by atoms with Crippen LogP contribution in [0.15, 0.2) is 36.9 Å². The number of H-pyrrole nitrogens is 1. The minimum Gasteiger partial charge on any atom is -0.378 e. The molecule has 4 aromatic heterocycles. The van der Waals surface area contributed by atoms with Crippen LogP contribution in [0, 0.1) is 12.7 Å². The summed E-state index contributed by atoms with van der Waals surface area (Å²) in [5.74, 6) is -0.260. The first kappa shape index (κ1) is 23.1. The summed E-state index contributed by atoms with van der Waals surface area (Å²) < 4.78 is 22.8. The van der Waals surface area contributed by atoms with Crippen LogP contribution < -0.4 is 4.90 Å². The minimum atomic E-state index is -0.260. The van der Waals surface area contributed by atoms with Gasteiger partial charge in [0.2, 0.25) is 0 Å². The van der Waals surface area contributed by atoms with E-state index in [2.05, 4.69) is 32.7 Å². The Bertz CT molecular complexity index is 1340. The molecule has 0 spiro atoms. The lowest BCUT2D eigenvalue weighted by atomic mass is 10.0. The van der Waals surface area contributed by atoms with Gasteiger partial charge < -0.3 is 19.5 Å². The van der Waals surface area contributed by atoms with Crippen molar-refractivity contribution < 1.29 is 9.13 Å². The van der Waals surface area contributed by atoms with Gasteiger partial charge in [-0.1, -0.05) is 6.92 Å². The summed E-state index contributed by atoms with van der Waals surface area (Å²) in [5.41, 5.74) is 5.50. The van der Waals surface area contributed by atoms with Gasteiger partial charge in [0, 0.05) is 72.9 Å². The Hall–Kier alpha value is -3.30. The fourth-order valence-electron chi connectivity index (χ4n) is 5.50. The maximum Gasteiger partial charge on any atom is 0.150 e. The van der Waals surface area contributed by atoms with Crippen LogP contribution in [-0.2, 0) is 4.74 Å². The number of aryl methyl sites for hydroxylation is 1. The number of fused-ring (bicyclic) bond motifs is 1. The summed E-state index contributed by atoms with van der Waals surface area (Å²) in [6.45, 7) is 9.97. The second kappa shape index (κ2) is 9.63. The molecule has 6 rings (SSSR count). The fraction of sp³-hybridized carbons (Fsp3) is 0.444.